The maximum Gasteiger partial charge on any atom is 0.408 e. The number of nitriles is 1. The Morgan fingerprint density at radius 1 is 1.12 bits per heavy atom. The Labute approximate surface area is 248 Å². The van der Waals surface area contributed by atoms with Crippen molar-refractivity contribution in [2.75, 3.05) is 18.0 Å². The highest BCUT2D eigenvalue weighted by molar-refractivity contribution is 6.38. The van der Waals surface area contributed by atoms with E-state index in [1.54, 1.807) is 4.68 Å². The number of carbonyl (C=O) groups excluding carboxylic acids is 1. The molecule has 0 aliphatic carbocycles. The Morgan fingerprint density at radius 3 is 2.55 bits per heavy atom. The predicted molar refractivity (Wildman–Crippen MR) is 162 cm³/mol. The van der Waals surface area contributed by atoms with Crippen LogP contribution in [0.1, 0.15) is 44.9 Å². The van der Waals surface area contributed by atoms with E-state index in [1.165, 1.54) is 0 Å². The van der Waals surface area contributed by atoms with Crippen LogP contribution < -0.4 is 10.2 Å². The molecule has 1 aliphatic heterocycles. The largest absolute Gasteiger partial charge is 0.444 e. The summed E-state index contributed by atoms with van der Waals surface area (Å²) in [5, 5.41) is 19.7. The number of halogens is 1. The highest BCUT2D eigenvalue weighted by atomic mass is 35.5. The van der Waals surface area contributed by atoms with E-state index in [0.29, 0.717) is 47.9 Å². The molecule has 3 aromatic heterocycles. The number of alkyl carbamates (subject to hydrolysis) is 1. The molecule has 0 atom stereocenters. The van der Waals surface area contributed by atoms with Gasteiger partial charge in [0, 0.05) is 49.0 Å². The quantitative estimate of drug-likeness (QED) is 0.264. The number of ether oxygens (including phenoxy) is 1. The van der Waals surface area contributed by atoms with E-state index < -0.39 is 17.2 Å². The molecule has 0 spiro atoms. The number of carbonyl (C=O) groups is 1. The molecule has 0 radical (unpaired) electrons. The van der Waals surface area contributed by atoms with E-state index in [9.17, 15) is 10.1 Å². The minimum absolute atomic E-state index is 0.264. The Kier molecular flexibility index (Phi) is 6.78. The molecule has 214 valence electrons. The second kappa shape index (κ2) is 10.3. The highest BCUT2D eigenvalue weighted by Gasteiger charge is 2.39. The molecule has 5 aromatic rings. The van der Waals surface area contributed by atoms with Crippen LogP contribution in [-0.4, -0.2) is 49.5 Å². The Balaban J connectivity index is 1.31. The number of amides is 1. The van der Waals surface area contributed by atoms with Crippen molar-refractivity contribution in [2.24, 2.45) is 7.05 Å². The van der Waals surface area contributed by atoms with E-state index >= 15 is 0 Å². The molecule has 1 saturated heterocycles. The number of hydrogen-bond acceptors (Lipinski definition) is 7. The lowest BCUT2D eigenvalue weighted by Gasteiger charge is -2.42. The zero-order chi connectivity index (χ0) is 29.6. The fourth-order valence-electron chi connectivity index (χ4n) is 5.67. The third kappa shape index (κ3) is 5.01. The van der Waals surface area contributed by atoms with Crippen LogP contribution in [0.3, 0.4) is 0 Å². The average molecular weight is 583 g/mol. The van der Waals surface area contributed by atoms with Crippen molar-refractivity contribution in [3.8, 4) is 17.2 Å². The topological polar surface area (TPSA) is 125 Å². The standard InChI is InChI=1S/C31H31ClN8O2/c1-30(2,3)42-29(41)37-31(19-8-6-5-7-9-19)12-14-40(15-13-31)28-35-24(16-33)25-21(17-34-27(25)36-28)20-10-11-23-22(26(20)32)18-39(4)38-23/h5-11,17-18H,12-15H2,1-4H3,(H,37,41)(H,34,35,36). The normalized spacial score (nSPS) is 15.1. The number of aryl methyl sites for hydroxylation is 1. The fourth-order valence-corrected chi connectivity index (χ4v) is 5.98. The summed E-state index contributed by atoms with van der Waals surface area (Å²) in [4.78, 5) is 27.7. The van der Waals surface area contributed by atoms with E-state index in [-0.39, 0.29) is 5.69 Å². The molecule has 2 aromatic carbocycles. The number of aromatic amines is 1. The molecule has 10 nitrogen and oxygen atoms in total. The molecular weight excluding hydrogens is 552 g/mol. The van der Waals surface area contributed by atoms with Crippen LogP contribution in [0.2, 0.25) is 5.02 Å². The average Bonchev–Trinajstić information content (AvgIpc) is 3.56. The molecule has 42 heavy (non-hydrogen) atoms. The van der Waals surface area contributed by atoms with Gasteiger partial charge in [0.25, 0.3) is 0 Å². The number of nitrogens with zero attached hydrogens (tertiary/aromatic N) is 6. The van der Waals surface area contributed by atoms with Crippen LogP contribution in [0.25, 0.3) is 33.1 Å². The van der Waals surface area contributed by atoms with E-state index in [0.717, 1.165) is 27.6 Å². The molecule has 1 amide bonds. The minimum atomic E-state index is -0.609. The number of rotatable bonds is 4. The first-order valence-corrected chi connectivity index (χ1v) is 14.2. The minimum Gasteiger partial charge on any atom is -0.444 e. The van der Waals surface area contributed by atoms with Crippen molar-refractivity contribution in [1.82, 2.24) is 30.0 Å². The number of benzene rings is 2. The summed E-state index contributed by atoms with van der Waals surface area (Å²) >= 11 is 6.81. The van der Waals surface area contributed by atoms with Crippen molar-refractivity contribution in [2.45, 2.75) is 44.8 Å². The first-order valence-electron chi connectivity index (χ1n) is 13.8. The van der Waals surface area contributed by atoms with Gasteiger partial charge in [-0.05, 0) is 45.2 Å². The van der Waals surface area contributed by atoms with E-state index in [2.05, 4.69) is 26.5 Å². The summed E-state index contributed by atoms with van der Waals surface area (Å²) in [6, 6.07) is 16.0. The molecule has 6 rings (SSSR count). The first-order chi connectivity index (χ1) is 20.1. The zero-order valence-electron chi connectivity index (χ0n) is 23.9. The van der Waals surface area contributed by atoms with Gasteiger partial charge in [0.2, 0.25) is 5.95 Å². The molecule has 1 aliphatic rings. The molecule has 2 N–H and O–H groups in total. The summed E-state index contributed by atoms with van der Waals surface area (Å²) in [6.07, 6.45) is 4.45. The lowest BCUT2D eigenvalue weighted by molar-refractivity contribution is 0.0431. The Hall–Kier alpha value is -4.62. The van der Waals surface area contributed by atoms with Crippen LogP contribution in [0, 0.1) is 11.3 Å². The summed E-state index contributed by atoms with van der Waals surface area (Å²) in [7, 11) is 1.85. The molecule has 11 heteroatoms. The van der Waals surface area contributed by atoms with Gasteiger partial charge in [0.05, 0.1) is 21.5 Å². The van der Waals surface area contributed by atoms with Gasteiger partial charge in [-0.3, -0.25) is 4.68 Å². The van der Waals surface area contributed by atoms with Gasteiger partial charge in [-0.1, -0.05) is 48.0 Å². The number of H-pyrrole nitrogens is 1. The molecule has 4 heterocycles. The molecular formula is C31H31ClN8O2. The van der Waals surface area contributed by atoms with Gasteiger partial charge in [-0.25, -0.2) is 9.78 Å². The lowest BCUT2D eigenvalue weighted by Crippen LogP contribution is -2.54. The molecule has 0 saturated carbocycles. The van der Waals surface area contributed by atoms with Crippen LogP contribution in [0.4, 0.5) is 10.7 Å². The van der Waals surface area contributed by atoms with Crippen molar-refractivity contribution in [1.29, 1.82) is 5.26 Å². The number of piperidine rings is 1. The second-order valence-corrected chi connectivity index (χ2v) is 12.0. The van der Waals surface area contributed by atoms with Gasteiger partial charge < -0.3 is 19.9 Å². The Bertz CT molecular complexity index is 1840. The molecule has 0 unspecified atom stereocenters. The van der Waals surface area contributed by atoms with Crippen LogP contribution in [0.15, 0.2) is 54.9 Å². The van der Waals surface area contributed by atoms with Gasteiger partial charge in [0.15, 0.2) is 5.69 Å². The first kappa shape index (κ1) is 27.5. The zero-order valence-corrected chi connectivity index (χ0v) is 24.7. The predicted octanol–water partition coefficient (Wildman–Crippen LogP) is 6.06. The third-order valence-corrected chi connectivity index (χ3v) is 8.03. The summed E-state index contributed by atoms with van der Waals surface area (Å²) in [5.41, 5.74) is 2.94. The maximum absolute atomic E-state index is 12.9. The summed E-state index contributed by atoms with van der Waals surface area (Å²) in [5.74, 6) is 0.459. The number of nitrogens with one attached hydrogen (secondary N) is 2. The fraction of sp³-hybridized carbons (Fsp3) is 0.323. The number of aromatic nitrogens is 5. The number of hydrogen-bond donors (Lipinski definition) is 2. The number of fused-ring (bicyclic) bond motifs is 2. The monoisotopic (exact) mass is 582 g/mol. The van der Waals surface area contributed by atoms with Gasteiger partial charge in [-0.15, -0.1) is 0 Å². The van der Waals surface area contributed by atoms with E-state index in [1.807, 2.05) is 87.6 Å². The SMILES string of the molecule is Cn1cc2c(Cl)c(-c3c[nH]c4nc(N5CCC(NC(=O)OC(C)(C)C)(c6ccccc6)CC5)nc(C#N)c34)ccc2n1. The van der Waals surface area contributed by atoms with Crippen molar-refractivity contribution < 1.29 is 9.53 Å². The summed E-state index contributed by atoms with van der Waals surface area (Å²) < 4.78 is 7.33. The Morgan fingerprint density at radius 2 is 1.86 bits per heavy atom. The van der Waals surface area contributed by atoms with Crippen LogP contribution in [-0.2, 0) is 17.3 Å². The van der Waals surface area contributed by atoms with Gasteiger partial charge in [-0.2, -0.15) is 15.3 Å². The van der Waals surface area contributed by atoms with Crippen molar-refractivity contribution in [3.05, 3.63) is 71.1 Å². The molecule has 0 bridgehead atoms. The third-order valence-electron chi connectivity index (χ3n) is 7.62. The smallest absolute Gasteiger partial charge is 0.408 e. The number of anilines is 1. The van der Waals surface area contributed by atoms with Gasteiger partial charge in [0.1, 0.15) is 17.3 Å². The second-order valence-electron chi connectivity index (χ2n) is 11.6. The lowest BCUT2D eigenvalue weighted by atomic mass is 9.81. The van der Waals surface area contributed by atoms with Crippen molar-refractivity contribution >= 4 is 45.6 Å². The highest BCUT2D eigenvalue weighted by Crippen LogP contribution is 2.39. The van der Waals surface area contributed by atoms with Crippen LogP contribution in [0.5, 0.6) is 0 Å². The van der Waals surface area contributed by atoms with Crippen LogP contribution >= 0.6 is 11.6 Å². The van der Waals surface area contributed by atoms with Crippen molar-refractivity contribution in [3.63, 3.8) is 0 Å². The van der Waals surface area contributed by atoms with E-state index in [4.69, 9.17) is 21.3 Å². The summed E-state index contributed by atoms with van der Waals surface area (Å²) in [6.45, 7) is 6.68. The molecule has 1 fully saturated rings. The van der Waals surface area contributed by atoms with Gasteiger partial charge >= 0.3 is 6.09 Å². The maximum atomic E-state index is 12.9.